The highest BCUT2D eigenvalue weighted by Gasteiger charge is 2.21. The molecule has 0 aliphatic carbocycles. The number of benzene rings is 1. The zero-order valence-electron chi connectivity index (χ0n) is 12.3. The van der Waals surface area contributed by atoms with Crippen molar-refractivity contribution in [2.45, 2.75) is 47.0 Å². The number of hydrogen-bond donors (Lipinski definition) is 1. The predicted octanol–water partition coefficient (Wildman–Crippen LogP) is 3.78. The molecule has 2 N–H and O–H groups in total. The molecule has 0 radical (unpaired) electrons. The Morgan fingerprint density at radius 3 is 2.42 bits per heavy atom. The van der Waals surface area contributed by atoms with Gasteiger partial charge in [0.25, 0.3) is 0 Å². The van der Waals surface area contributed by atoms with Crippen molar-refractivity contribution < 1.29 is 9.18 Å². The van der Waals surface area contributed by atoms with E-state index < -0.39 is 5.82 Å². The lowest BCUT2D eigenvalue weighted by atomic mass is 9.83. The van der Waals surface area contributed by atoms with Gasteiger partial charge >= 0.3 is 0 Å². The van der Waals surface area contributed by atoms with E-state index >= 15 is 0 Å². The SMILES string of the molecule is Cc1cc(C)c(C(=O)CCC(C)(C)CCN)c(F)c1. The molecule has 106 valence electrons. The minimum Gasteiger partial charge on any atom is -0.330 e. The summed E-state index contributed by atoms with van der Waals surface area (Å²) in [5, 5.41) is 0. The van der Waals surface area contributed by atoms with Crippen molar-refractivity contribution in [1.29, 1.82) is 0 Å². The first-order valence-corrected chi connectivity index (χ1v) is 6.77. The maximum Gasteiger partial charge on any atom is 0.166 e. The second-order valence-corrected chi connectivity index (χ2v) is 6.06. The van der Waals surface area contributed by atoms with Crippen molar-refractivity contribution >= 4 is 5.78 Å². The maximum absolute atomic E-state index is 13.9. The molecule has 0 fully saturated rings. The van der Waals surface area contributed by atoms with Gasteiger partial charge in [-0.05, 0) is 55.8 Å². The average molecular weight is 265 g/mol. The van der Waals surface area contributed by atoms with Crippen LogP contribution in [-0.4, -0.2) is 12.3 Å². The van der Waals surface area contributed by atoms with E-state index in [2.05, 4.69) is 13.8 Å². The molecule has 1 aromatic carbocycles. The molecular weight excluding hydrogens is 241 g/mol. The Balaban J connectivity index is 2.80. The van der Waals surface area contributed by atoms with E-state index in [4.69, 9.17) is 5.73 Å². The molecule has 0 aromatic heterocycles. The lowest BCUT2D eigenvalue weighted by Crippen LogP contribution is -2.19. The fraction of sp³-hybridized carbons (Fsp3) is 0.562. The standard InChI is InChI=1S/C16H24FNO/c1-11-9-12(2)15(13(17)10-11)14(19)5-6-16(3,4)7-8-18/h9-10H,5-8,18H2,1-4H3. The molecule has 0 bridgehead atoms. The average Bonchev–Trinajstić information content (AvgIpc) is 2.25. The number of rotatable bonds is 6. The number of carbonyl (C=O) groups is 1. The molecule has 0 saturated heterocycles. The van der Waals surface area contributed by atoms with Gasteiger partial charge in [0.05, 0.1) is 5.56 Å². The lowest BCUT2D eigenvalue weighted by Gasteiger charge is -2.23. The third-order valence-corrected chi connectivity index (χ3v) is 3.56. The first-order valence-electron chi connectivity index (χ1n) is 6.77. The normalized spacial score (nSPS) is 11.7. The van der Waals surface area contributed by atoms with Gasteiger partial charge in [0, 0.05) is 6.42 Å². The highest BCUT2D eigenvalue weighted by molar-refractivity contribution is 5.97. The Morgan fingerprint density at radius 2 is 1.89 bits per heavy atom. The number of aryl methyl sites for hydroxylation is 2. The van der Waals surface area contributed by atoms with E-state index in [0.717, 1.165) is 24.0 Å². The highest BCUT2D eigenvalue weighted by atomic mass is 19.1. The summed E-state index contributed by atoms with van der Waals surface area (Å²) in [6.07, 6.45) is 1.97. The van der Waals surface area contributed by atoms with Crippen LogP contribution in [0, 0.1) is 25.1 Å². The van der Waals surface area contributed by atoms with Crippen LogP contribution in [0.1, 0.15) is 54.6 Å². The molecule has 3 heteroatoms. The quantitative estimate of drug-likeness (QED) is 0.795. The van der Waals surface area contributed by atoms with Gasteiger partial charge in [-0.3, -0.25) is 4.79 Å². The van der Waals surface area contributed by atoms with Crippen molar-refractivity contribution in [2.24, 2.45) is 11.1 Å². The molecule has 2 nitrogen and oxygen atoms in total. The number of hydrogen-bond acceptors (Lipinski definition) is 2. The summed E-state index contributed by atoms with van der Waals surface area (Å²) in [5.41, 5.74) is 7.39. The third kappa shape index (κ3) is 4.43. The van der Waals surface area contributed by atoms with Gasteiger partial charge in [0.2, 0.25) is 0 Å². The molecule has 1 aromatic rings. The minimum atomic E-state index is -0.404. The van der Waals surface area contributed by atoms with Crippen LogP contribution in [0.25, 0.3) is 0 Å². The van der Waals surface area contributed by atoms with E-state index in [9.17, 15) is 9.18 Å². The summed E-state index contributed by atoms with van der Waals surface area (Å²) in [6, 6.07) is 3.27. The molecule has 0 aliphatic heterocycles. The first kappa shape index (κ1) is 15.8. The molecule has 0 atom stereocenters. The van der Waals surface area contributed by atoms with Crippen molar-refractivity contribution in [2.75, 3.05) is 6.54 Å². The van der Waals surface area contributed by atoms with Gasteiger partial charge in [-0.1, -0.05) is 19.9 Å². The second kappa shape index (κ2) is 6.29. The molecule has 0 aliphatic rings. The smallest absolute Gasteiger partial charge is 0.166 e. The van der Waals surface area contributed by atoms with Crippen LogP contribution in [0.3, 0.4) is 0 Å². The fourth-order valence-corrected chi connectivity index (χ4v) is 2.36. The molecule has 0 heterocycles. The molecule has 0 amide bonds. The monoisotopic (exact) mass is 265 g/mol. The molecule has 0 unspecified atom stereocenters. The Bertz CT molecular complexity index is 443. The van der Waals surface area contributed by atoms with E-state index in [1.165, 1.54) is 6.07 Å². The van der Waals surface area contributed by atoms with Crippen molar-refractivity contribution in [3.8, 4) is 0 Å². The van der Waals surface area contributed by atoms with Crippen molar-refractivity contribution in [3.05, 3.63) is 34.6 Å². The summed E-state index contributed by atoms with van der Waals surface area (Å²) in [4.78, 5) is 12.2. The van der Waals surface area contributed by atoms with E-state index in [1.807, 2.05) is 13.0 Å². The fourth-order valence-electron chi connectivity index (χ4n) is 2.36. The van der Waals surface area contributed by atoms with Gasteiger partial charge in [-0.15, -0.1) is 0 Å². The van der Waals surface area contributed by atoms with Gasteiger partial charge in [0.1, 0.15) is 5.82 Å². The largest absolute Gasteiger partial charge is 0.330 e. The Morgan fingerprint density at radius 1 is 1.26 bits per heavy atom. The minimum absolute atomic E-state index is 0.0273. The van der Waals surface area contributed by atoms with E-state index in [-0.39, 0.29) is 16.8 Å². The third-order valence-electron chi connectivity index (χ3n) is 3.56. The van der Waals surface area contributed by atoms with Crippen LogP contribution in [0.15, 0.2) is 12.1 Å². The van der Waals surface area contributed by atoms with Crippen LogP contribution in [0.2, 0.25) is 0 Å². The van der Waals surface area contributed by atoms with Gasteiger partial charge in [0.15, 0.2) is 5.78 Å². The lowest BCUT2D eigenvalue weighted by molar-refractivity contribution is 0.0957. The van der Waals surface area contributed by atoms with Crippen LogP contribution >= 0.6 is 0 Å². The highest BCUT2D eigenvalue weighted by Crippen LogP contribution is 2.28. The topological polar surface area (TPSA) is 43.1 Å². The van der Waals surface area contributed by atoms with Crippen LogP contribution in [0.4, 0.5) is 4.39 Å². The van der Waals surface area contributed by atoms with E-state index in [0.29, 0.717) is 13.0 Å². The predicted molar refractivity (Wildman–Crippen MR) is 76.9 cm³/mol. The molecule has 1 rings (SSSR count). The zero-order chi connectivity index (χ0) is 14.6. The Kier molecular flexibility index (Phi) is 5.24. The number of nitrogens with two attached hydrogens (primary N) is 1. The van der Waals surface area contributed by atoms with Crippen molar-refractivity contribution in [1.82, 2.24) is 0 Å². The number of carbonyl (C=O) groups excluding carboxylic acids is 1. The molecule has 19 heavy (non-hydrogen) atoms. The van der Waals surface area contributed by atoms with Gasteiger partial charge in [-0.2, -0.15) is 0 Å². The number of ketones is 1. The first-order chi connectivity index (χ1) is 8.76. The molecule has 0 saturated carbocycles. The summed E-state index contributed by atoms with van der Waals surface area (Å²) in [7, 11) is 0. The molecule has 0 spiro atoms. The Labute approximate surface area is 115 Å². The summed E-state index contributed by atoms with van der Waals surface area (Å²) < 4.78 is 13.9. The number of halogens is 1. The number of Topliss-reactive ketones (excluding diaryl/α,β-unsaturated/α-hetero) is 1. The van der Waals surface area contributed by atoms with Crippen molar-refractivity contribution in [3.63, 3.8) is 0 Å². The van der Waals surface area contributed by atoms with Gasteiger partial charge < -0.3 is 5.73 Å². The zero-order valence-corrected chi connectivity index (χ0v) is 12.3. The summed E-state index contributed by atoms with van der Waals surface area (Å²) in [6.45, 7) is 8.40. The second-order valence-electron chi connectivity index (χ2n) is 6.06. The van der Waals surface area contributed by atoms with Crippen LogP contribution in [-0.2, 0) is 0 Å². The maximum atomic E-state index is 13.9. The summed E-state index contributed by atoms with van der Waals surface area (Å²) >= 11 is 0. The molecular formula is C16H24FNO. The van der Waals surface area contributed by atoms with Gasteiger partial charge in [-0.25, -0.2) is 4.39 Å². The Hall–Kier alpha value is -1.22. The van der Waals surface area contributed by atoms with Crippen LogP contribution in [0.5, 0.6) is 0 Å². The van der Waals surface area contributed by atoms with E-state index in [1.54, 1.807) is 6.92 Å². The summed E-state index contributed by atoms with van der Waals surface area (Å²) in [5.74, 6) is -0.515. The van der Waals surface area contributed by atoms with Crippen LogP contribution < -0.4 is 5.73 Å².